The second-order valence-corrected chi connectivity index (χ2v) is 3.99. The molecule has 2 atom stereocenters. The van der Waals surface area contributed by atoms with E-state index in [-0.39, 0.29) is 59.1 Å². The fraction of sp³-hybridized carbons (Fsp3) is 0.667. The van der Waals surface area contributed by atoms with Crippen LogP contribution in [-0.2, 0) is 23.2 Å². The fourth-order valence-corrected chi connectivity index (χ4v) is 1.25. The number of hydrogen-bond acceptors (Lipinski definition) is 9. The average molecular weight is 322 g/mol. The van der Waals surface area contributed by atoms with Gasteiger partial charge in [0.1, 0.15) is 0 Å². The number of aliphatic hydroxyl groups is 4. The Morgan fingerprint density at radius 2 is 1.21 bits per heavy atom. The molecule has 0 aromatic carbocycles. The van der Waals surface area contributed by atoms with Gasteiger partial charge in [-0.15, -0.1) is 0 Å². The van der Waals surface area contributed by atoms with Crippen molar-refractivity contribution in [1.82, 2.24) is 0 Å². The van der Waals surface area contributed by atoms with Gasteiger partial charge in [-0.05, 0) is 0 Å². The van der Waals surface area contributed by atoms with E-state index in [0.29, 0.717) is 0 Å². The summed E-state index contributed by atoms with van der Waals surface area (Å²) in [6, 6.07) is 0. The minimum absolute atomic E-state index is 0. The number of aliphatic hydroxyl groups excluding tert-OH is 4. The molecular weight excluding hydrogens is 309 g/mol. The normalized spacial score (nSPS) is 15.8. The van der Waals surface area contributed by atoms with Gasteiger partial charge in [0.25, 0.3) is 0 Å². The van der Waals surface area contributed by atoms with E-state index >= 15 is 0 Å². The van der Waals surface area contributed by atoms with Crippen molar-refractivity contribution in [2.75, 3.05) is 13.2 Å². The van der Waals surface area contributed by atoms with E-state index in [0.717, 1.165) is 0 Å². The molecule has 5 N–H and O–H groups in total. The number of carbonyl (C=O) groups excluding carboxylic acids is 2. The molecule has 0 aromatic rings. The summed E-state index contributed by atoms with van der Waals surface area (Å²) in [5.41, 5.74) is 0. The van der Waals surface area contributed by atoms with Crippen molar-refractivity contribution >= 4 is 78.9 Å². The molecule has 0 rings (SSSR count). The van der Waals surface area contributed by atoms with Crippen LogP contribution in [0.3, 0.4) is 0 Å². The molecule has 13 heteroatoms. The number of carbonyl (C=O) groups is 2. The van der Waals surface area contributed by atoms with Crippen LogP contribution in [0.2, 0.25) is 0 Å². The molecule has 0 saturated heterocycles. The monoisotopic (exact) mass is 322 g/mol. The average Bonchev–Trinajstić information content (AvgIpc) is 2.25. The van der Waals surface area contributed by atoms with Crippen molar-refractivity contribution in [3.05, 3.63) is 0 Å². The molecule has 0 aliphatic heterocycles. The van der Waals surface area contributed by atoms with E-state index in [2.05, 4.69) is 9.05 Å². The van der Waals surface area contributed by atoms with Gasteiger partial charge in [0, 0.05) is 0 Å². The summed E-state index contributed by atoms with van der Waals surface area (Å²) >= 11 is 0. The van der Waals surface area contributed by atoms with Gasteiger partial charge < -0.3 is 29.5 Å². The Morgan fingerprint density at radius 1 is 0.947 bits per heavy atom. The zero-order valence-electron chi connectivity index (χ0n) is 8.29. The number of phosphoric acid groups is 1. The first-order chi connectivity index (χ1) is 7.73. The van der Waals surface area contributed by atoms with Crippen LogP contribution in [0, 0.1) is 0 Å². The molecule has 104 valence electrons. The van der Waals surface area contributed by atoms with Gasteiger partial charge in [0.2, 0.25) is 0 Å². The van der Waals surface area contributed by atoms with Gasteiger partial charge in [-0.2, -0.15) is 0 Å². The molecule has 2 unspecified atom stereocenters. The third kappa shape index (κ3) is 10.4. The molecule has 0 aliphatic rings. The molecule has 0 bridgehead atoms. The van der Waals surface area contributed by atoms with Crippen molar-refractivity contribution in [1.29, 1.82) is 0 Å². The topological polar surface area (TPSA) is 171 Å². The first-order valence-corrected chi connectivity index (χ1v) is 5.60. The molecule has 0 radical (unpaired) electrons. The van der Waals surface area contributed by atoms with E-state index in [1.807, 2.05) is 0 Å². The van der Waals surface area contributed by atoms with Gasteiger partial charge in [0.05, 0.1) is 13.2 Å². The van der Waals surface area contributed by atoms with E-state index < -0.39 is 45.2 Å². The Balaban J connectivity index is -0.00000128. The van der Waals surface area contributed by atoms with Crippen LogP contribution in [0.5, 0.6) is 0 Å². The van der Waals surface area contributed by atoms with Crippen molar-refractivity contribution in [2.24, 2.45) is 0 Å². The summed E-state index contributed by atoms with van der Waals surface area (Å²) in [7, 11) is -5.18. The van der Waals surface area contributed by atoms with Crippen molar-refractivity contribution in [3.63, 3.8) is 0 Å². The third-order valence-electron chi connectivity index (χ3n) is 1.30. The van der Waals surface area contributed by atoms with Crippen LogP contribution in [0.4, 0.5) is 0 Å². The predicted octanol–water partition coefficient (Wildman–Crippen LogP) is -4.42. The van der Waals surface area contributed by atoms with Crippen molar-refractivity contribution in [3.8, 4) is 0 Å². The third-order valence-corrected chi connectivity index (χ3v) is 2.12. The van der Waals surface area contributed by atoms with E-state index in [9.17, 15) is 14.2 Å². The molecule has 0 aromatic heterocycles. The summed E-state index contributed by atoms with van der Waals surface area (Å²) in [5.74, 6) is -3.38. The van der Waals surface area contributed by atoms with Crippen LogP contribution in [0.15, 0.2) is 0 Å². The maximum absolute atomic E-state index is 11.0. The molecule has 19 heavy (non-hydrogen) atoms. The summed E-state index contributed by atoms with van der Waals surface area (Å²) < 4.78 is 18.3. The standard InChI is InChI=1S/C6H11O10P.2Na.2H/c7-1-3(9)5(11)15-17(13,14)16-6(12)4(10)2-8;;;;/h3-4,7-10H,1-2H2,(H,13,14);;;;. The van der Waals surface area contributed by atoms with Crippen LogP contribution in [-0.4, -0.2) is 122 Å². The minimum atomic E-state index is -5.18. The van der Waals surface area contributed by atoms with Gasteiger partial charge in [-0.25, -0.2) is 14.2 Å². The molecule has 0 amide bonds. The Kier molecular flexibility index (Phi) is 15.2. The van der Waals surface area contributed by atoms with E-state index in [1.165, 1.54) is 0 Å². The van der Waals surface area contributed by atoms with Crippen molar-refractivity contribution in [2.45, 2.75) is 12.2 Å². The summed E-state index contributed by atoms with van der Waals surface area (Å²) in [5, 5.41) is 34.0. The molecule has 0 fully saturated rings. The van der Waals surface area contributed by atoms with E-state index in [1.54, 1.807) is 0 Å². The molecular formula is C6H13Na2O10P. The molecule has 0 spiro atoms. The fourth-order valence-electron chi connectivity index (χ4n) is 0.517. The first kappa shape index (κ1) is 25.0. The van der Waals surface area contributed by atoms with E-state index in [4.69, 9.17) is 25.3 Å². The Bertz CT molecular complexity index is 308. The summed E-state index contributed by atoms with van der Waals surface area (Å²) in [4.78, 5) is 30.3. The molecule has 0 heterocycles. The second kappa shape index (κ2) is 11.6. The SMILES string of the molecule is O=C(OP(=O)(O)OC(=O)C(O)CO)C(O)CO.[NaH].[NaH]. The predicted molar refractivity (Wildman–Crippen MR) is 62.5 cm³/mol. The Hall–Kier alpha value is 0.970. The molecule has 10 nitrogen and oxygen atoms in total. The summed E-state index contributed by atoms with van der Waals surface area (Å²) in [6.45, 7) is -2.13. The zero-order valence-corrected chi connectivity index (χ0v) is 9.19. The Labute approximate surface area is 151 Å². The van der Waals surface area contributed by atoms with Gasteiger partial charge >= 0.3 is 78.9 Å². The van der Waals surface area contributed by atoms with Crippen LogP contribution in [0.25, 0.3) is 0 Å². The van der Waals surface area contributed by atoms with Crippen molar-refractivity contribution < 1.29 is 48.5 Å². The van der Waals surface area contributed by atoms with Gasteiger partial charge in [-0.3, -0.25) is 4.89 Å². The maximum atomic E-state index is 11.0. The van der Waals surface area contributed by atoms with Gasteiger partial charge in [0.15, 0.2) is 12.2 Å². The zero-order chi connectivity index (χ0) is 13.6. The Morgan fingerprint density at radius 3 is 1.42 bits per heavy atom. The second-order valence-electron chi connectivity index (χ2n) is 2.69. The molecule has 0 aliphatic carbocycles. The first-order valence-electron chi connectivity index (χ1n) is 4.11. The van der Waals surface area contributed by atoms with Gasteiger partial charge in [-0.1, -0.05) is 0 Å². The van der Waals surface area contributed by atoms with Crippen LogP contribution < -0.4 is 0 Å². The molecule has 0 saturated carbocycles. The quantitative estimate of drug-likeness (QED) is 0.237. The number of hydrogen-bond donors (Lipinski definition) is 5. The summed E-state index contributed by atoms with van der Waals surface area (Å²) in [6.07, 6.45) is -4.14. The number of rotatable bonds is 6. The van der Waals surface area contributed by atoms with Crippen LogP contribution >= 0.6 is 7.82 Å². The van der Waals surface area contributed by atoms with Crippen LogP contribution in [0.1, 0.15) is 0 Å². The number of phosphoric ester groups is 1.